The number of hydrogen-bond acceptors (Lipinski definition) is 3. The number of aromatic nitrogens is 2. The third-order valence-electron chi connectivity index (χ3n) is 4.00. The number of amides is 2. The molecule has 0 spiro atoms. The summed E-state index contributed by atoms with van der Waals surface area (Å²) in [4.78, 5) is 22.5. The van der Waals surface area contributed by atoms with Gasteiger partial charge in [0.2, 0.25) is 0 Å². The summed E-state index contributed by atoms with van der Waals surface area (Å²) in [5.74, 6) is 1.16. The van der Waals surface area contributed by atoms with Crippen LogP contribution in [-0.2, 0) is 6.54 Å². The molecule has 1 atom stereocenters. The van der Waals surface area contributed by atoms with Crippen LogP contribution in [0, 0.1) is 6.92 Å². The van der Waals surface area contributed by atoms with Crippen LogP contribution in [0.3, 0.4) is 0 Å². The minimum absolute atomic E-state index is 0.0188. The van der Waals surface area contributed by atoms with Crippen molar-refractivity contribution in [2.24, 2.45) is 0 Å². The van der Waals surface area contributed by atoms with Gasteiger partial charge in [-0.05, 0) is 25.0 Å². The summed E-state index contributed by atoms with van der Waals surface area (Å²) in [6.07, 6.45) is 2.73. The van der Waals surface area contributed by atoms with E-state index in [2.05, 4.69) is 39.6 Å². The summed E-state index contributed by atoms with van der Waals surface area (Å²) in [6.45, 7) is 3.86. The molecule has 0 bridgehead atoms. The number of hydrogen-bond donors (Lipinski definition) is 1. The van der Waals surface area contributed by atoms with Gasteiger partial charge in [0, 0.05) is 25.2 Å². The van der Waals surface area contributed by atoms with Gasteiger partial charge < -0.3 is 10.2 Å². The number of nitrogens with one attached hydrogen (secondary N) is 1. The second-order valence-corrected chi connectivity index (χ2v) is 5.60. The molecule has 2 amide bonds. The number of benzene rings is 1. The van der Waals surface area contributed by atoms with Crippen molar-refractivity contribution in [2.75, 3.05) is 13.1 Å². The monoisotopic (exact) mass is 296 g/mol. The van der Waals surface area contributed by atoms with Crippen molar-refractivity contribution in [1.29, 1.82) is 0 Å². The third-order valence-corrected chi connectivity index (χ3v) is 4.00. The summed E-state index contributed by atoms with van der Waals surface area (Å²) in [7, 11) is 0. The number of urea groups is 1. The van der Waals surface area contributed by atoms with E-state index in [1.165, 1.54) is 5.56 Å². The van der Waals surface area contributed by atoms with E-state index in [1.807, 2.05) is 24.0 Å². The second kappa shape index (κ2) is 6.56. The van der Waals surface area contributed by atoms with E-state index in [-0.39, 0.29) is 6.03 Å². The van der Waals surface area contributed by atoms with E-state index in [0.717, 1.165) is 31.0 Å². The zero-order valence-electron chi connectivity index (χ0n) is 12.7. The summed E-state index contributed by atoms with van der Waals surface area (Å²) in [5.41, 5.74) is 2.14. The van der Waals surface area contributed by atoms with Gasteiger partial charge in [-0.15, -0.1) is 0 Å². The summed E-state index contributed by atoms with van der Waals surface area (Å²) >= 11 is 0. The highest BCUT2D eigenvalue weighted by atomic mass is 16.2. The number of carbonyl (C=O) groups is 1. The van der Waals surface area contributed by atoms with E-state index in [9.17, 15) is 4.79 Å². The lowest BCUT2D eigenvalue weighted by atomic mass is 9.99. The first kappa shape index (κ1) is 14.5. The molecule has 5 heteroatoms. The fraction of sp³-hybridized carbons (Fsp3) is 0.353. The Morgan fingerprint density at radius 2 is 2.14 bits per heavy atom. The van der Waals surface area contributed by atoms with Gasteiger partial charge in [-0.1, -0.05) is 30.3 Å². The molecule has 1 aromatic carbocycles. The van der Waals surface area contributed by atoms with E-state index < -0.39 is 0 Å². The van der Waals surface area contributed by atoms with Crippen LogP contribution in [0.4, 0.5) is 4.79 Å². The summed E-state index contributed by atoms with van der Waals surface area (Å²) in [5, 5.41) is 2.94. The molecule has 1 N–H and O–H groups in total. The molecule has 1 fully saturated rings. The Morgan fingerprint density at radius 3 is 2.91 bits per heavy atom. The van der Waals surface area contributed by atoms with E-state index in [4.69, 9.17) is 0 Å². The topological polar surface area (TPSA) is 58.1 Å². The van der Waals surface area contributed by atoms with Crippen LogP contribution < -0.4 is 5.32 Å². The van der Waals surface area contributed by atoms with Crippen LogP contribution in [0.25, 0.3) is 0 Å². The fourth-order valence-corrected chi connectivity index (χ4v) is 2.82. The molecule has 3 rings (SSSR count). The smallest absolute Gasteiger partial charge is 0.317 e. The van der Waals surface area contributed by atoms with Gasteiger partial charge >= 0.3 is 6.03 Å². The second-order valence-electron chi connectivity index (χ2n) is 5.60. The largest absolute Gasteiger partial charge is 0.332 e. The normalized spacial score (nSPS) is 17.5. The predicted molar refractivity (Wildman–Crippen MR) is 84.4 cm³/mol. The quantitative estimate of drug-likeness (QED) is 0.946. The van der Waals surface area contributed by atoms with Crippen molar-refractivity contribution in [3.63, 3.8) is 0 Å². The first-order valence-corrected chi connectivity index (χ1v) is 7.58. The Hall–Kier alpha value is -2.43. The van der Waals surface area contributed by atoms with Crippen LogP contribution in [0.2, 0.25) is 0 Å². The van der Waals surface area contributed by atoms with Crippen molar-refractivity contribution in [1.82, 2.24) is 20.2 Å². The zero-order chi connectivity index (χ0) is 15.4. The lowest BCUT2D eigenvalue weighted by Gasteiger charge is -2.17. The first-order valence-electron chi connectivity index (χ1n) is 7.58. The van der Waals surface area contributed by atoms with Crippen LogP contribution in [0.1, 0.15) is 29.4 Å². The standard InChI is InChI=1S/C17H20N4O/c1-13-18-9-7-16(20-13)11-19-17(22)21-10-8-15(12-21)14-5-3-2-4-6-14/h2-7,9,15H,8,10-12H2,1H3,(H,19,22). The van der Waals surface area contributed by atoms with E-state index >= 15 is 0 Å². The number of likely N-dealkylation sites (tertiary alicyclic amines) is 1. The van der Waals surface area contributed by atoms with Crippen LogP contribution in [-0.4, -0.2) is 34.0 Å². The van der Waals surface area contributed by atoms with Gasteiger partial charge in [0.1, 0.15) is 5.82 Å². The Balaban J connectivity index is 1.53. The molecule has 114 valence electrons. The van der Waals surface area contributed by atoms with Crippen molar-refractivity contribution in [3.8, 4) is 0 Å². The Bertz CT molecular complexity index is 644. The molecule has 0 saturated carbocycles. The molecule has 1 aliphatic rings. The minimum atomic E-state index is -0.0188. The average Bonchev–Trinajstić information content (AvgIpc) is 3.04. The Morgan fingerprint density at radius 1 is 1.32 bits per heavy atom. The highest BCUT2D eigenvalue weighted by Crippen LogP contribution is 2.26. The van der Waals surface area contributed by atoms with Crippen molar-refractivity contribution in [3.05, 3.63) is 59.7 Å². The molecule has 2 heterocycles. The van der Waals surface area contributed by atoms with Crippen molar-refractivity contribution in [2.45, 2.75) is 25.8 Å². The van der Waals surface area contributed by atoms with Crippen LogP contribution >= 0.6 is 0 Å². The van der Waals surface area contributed by atoms with Gasteiger partial charge in [-0.2, -0.15) is 0 Å². The summed E-state index contributed by atoms with van der Waals surface area (Å²) in [6, 6.07) is 12.2. The molecule has 0 aliphatic carbocycles. The SMILES string of the molecule is Cc1nccc(CNC(=O)N2CCC(c3ccccc3)C2)n1. The lowest BCUT2D eigenvalue weighted by molar-refractivity contribution is 0.207. The Kier molecular flexibility index (Phi) is 4.32. The maximum absolute atomic E-state index is 12.3. The Labute approximate surface area is 130 Å². The molecule has 2 aromatic rings. The first-order chi connectivity index (χ1) is 10.7. The molecule has 1 unspecified atom stereocenters. The fourth-order valence-electron chi connectivity index (χ4n) is 2.82. The minimum Gasteiger partial charge on any atom is -0.332 e. The zero-order valence-corrected chi connectivity index (χ0v) is 12.7. The molecule has 0 radical (unpaired) electrons. The average molecular weight is 296 g/mol. The molecule has 5 nitrogen and oxygen atoms in total. The highest BCUT2D eigenvalue weighted by molar-refractivity contribution is 5.74. The molecule has 1 saturated heterocycles. The van der Waals surface area contributed by atoms with Gasteiger partial charge in [0.15, 0.2) is 0 Å². The van der Waals surface area contributed by atoms with Crippen LogP contribution in [0.15, 0.2) is 42.6 Å². The molecular weight excluding hydrogens is 276 g/mol. The maximum Gasteiger partial charge on any atom is 0.317 e. The lowest BCUT2D eigenvalue weighted by Crippen LogP contribution is -2.38. The van der Waals surface area contributed by atoms with Gasteiger partial charge in [-0.25, -0.2) is 14.8 Å². The van der Waals surface area contributed by atoms with Crippen LogP contribution in [0.5, 0.6) is 0 Å². The van der Waals surface area contributed by atoms with Gasteiger partial charge in [-0.3, -0.25) is 0 Å². The van der Waals surface area contributed by atoms with Crippen molar-refractivity contribution >= 4 is 6.03 Å². The molecule has 22 heavy (non-hydrogen) atoms. The number of rotatable bonds is 3. The molecule has 1 aromatic heterocycles. The molecule has 1 aliphatic heterocycles. The number of aryl methyl sites for hydroxylation is 1. The highest BCUT2D eigenvalue weighted by Gasteiger charge is 2.26. The van der Waals surface area contributed by atoms with Crippen molar-refractivity contribution < 1.29 is 4.79 Å². The third kappa shape index (κ3) is 3.42. The van der Waals surface area contributed by atoms with E-state index in [0.29, 0.717) is 12.5 Å². The van der Waals surface area contributed by atoms with Gasteiger partial charge in [0.05, 0.1) is 12.2 Å². The maximum atomic E-state index is 12.3. The predicted octanol–water partition coefficient (Wildman–Crippen LogP) is 2.48. The van der Waals surface area contributed by atoms with Gasteiger partial charge in [0.25, 0.3) is 0 Å². The number of carbonyl (C=O) groups excluding carboxylic acids is 1. The number of nitrogens with zero attached hydrogens (tertiary/aromatic N) is 3. The van der Waals surface area contributed by atoms with E-state index in [1.54, 1.807) is 6.20 Å². The summed E-state index contributed by atoms with van der Waals surface area (Å²) < 4.78 is 0. The molecular formula is C17H20N4O.